The first-order chi connectivity index (χ1) is 6.56. The molecule has 0 radical (unpaired) electrons. The summed E-state index contributed by atoms with van der Waals surface area (Å²) in [5.74, 6) is -2.70. The zero-order valence-corrected chi connectivity index (χ0v) is 7.65. The third-order valence-corrected chi connectivity index (χ3v) is 1.60. The summed E-state index contributed by atoms with van der Waals surface area (Å²) in [4.78, 5) is 11.0. The molecule has 6 heteroatoms. The molecule has 1 rings (SSSR count). The molecule has 1 aromatic rings. The van der Waals surface area contributed by atoms with E-state index >= 15 is 0 Å². The van der Waals surface area contributed by atoms with Crippen LogP contribution in [0.2, 0.25) is 0 Å². The van der Waals surface area contributed by atoms with Gasteiger partial charge in [0, 0.05) is 0 Å². The van der Waals surface area contributed by atoms with Crippen molar-refractivity contribution in [2.75, 3.05) is 6.07 Å². The first-order valence-corrected chi connectivity index (χ1v) is 4.07. The lowest BCUT2D eigenvalue weighted by atomic mass is 10.2. The number of hydrogen-bond acceptors (Lipinski definition) is 5. The van der Waals surface area contributed by atoms with Gasteiger partial charge in [0.05, 0.1) is 5.56 Å². The Hall–Kier alpha value is -1.62. The van der Waals surface area contributed by atoms with Crippen LogP contribution in [0.3, 0.4) is 0 Å². The van der Waals surface area contributed by atoms with E-state index in [0.29, 0.717) is 0 Å². The molecule has 0 saturated carbocycles. The Bertz CT molecular complexity index is 340. The Morgan fingerprint density at radius 3 is 2.21 bits per heavy atom. The molecule has 0 amide bonds. The van der Waals surface area contributed by atoms with Crippen LogP contribution in [0.15, 0.2) is 12.1 Å². The number of ether oxygens (including phenoxy) is 1. The SMILES string of the molecule is O=C(OCCl)c1cc(O)c(O)c(O)c1. The van der Waals surface area contributed by atoms with Crippen LogP contribution in [0.25, 0.3) is 0 Å². The Morgan fingerprint density at radius 2 is 1.79 bits per heavy atom. The highest BCUT2D eigenvalue weighted by Crippen LogP contribution is 2.35. The number of carbonyl (C=O) groups excluding carboxylic acids is 1. The van der Waals surface area contributed by atoms with Gasteiger partial charge in [0.1, 0.15) is 0 Å². The first-order valence-electron chi connectivity index (χ1n) is 3.54. The van der Waals surface area contributed by atoms with Crippen LogP contribution in [0, 0.1) is 0 Å². The van der Waals surface area contributed by atoms with Gasteiger partial charge in [-0.15, -0.1) is 0 Å². The van der Waals surface area contributed by atoms with Crippen molar-refractivity contribution < 1.29 is 24.9 Å². The largest absolute Gasteiger partial charge is 0.504 e. The molecule has 0 aliphatic heterocycles. The average Bonchev–Trinajstić information content (AvgIpc) is 2.13. The zero-order chi connectivity index (χ0) is 10.7. The number of phenols is 3. The monoisotopic (exact) mass is 218 g/mol. The normalized spacial score (nSPS) is 9.79. The molecule has 3 N–H and O–H groups in total. The summed E-state index contributed by atoms with van der Waals surface area (Å²) in [7, 11) is 0. The Labute approximate surface area is 84.1 Å². The van der Waals surface area contributed by atoms with E-state index in [1.54, 1.807) is 0 Å². The quantitative estimate of drug-likeness (QED) is 0.394. The summed E-state index contributed by atoms with van der Waals surface area (Å²) in [6.45, 7) is 0. The lowest BCUT2D eigenvalue weighted by molar-refractivity contribution is 0.0573. The molecule has 0 fully saturated rings. The van der Waals surface area contributed by atoms with Gasteiger partial charge in [0.2, 0.25) is 0 Å². The topological polar surface area (TPSA) is 87.0 Å². The van der Waals surface area contributed by atoms with E-state index in [-0.39, 0.29) is 11.6 Å². The minimum absolute atomic E-state index is 0.0987. The summed E-state index contributed by atoms with van der Waals surface area (Å²) in [6, 6.07) is 1.59. The lowest BCUT2D eigenvalue weighted by Crippen LogP contribution is -2.03. The van der Waals surface area contributed by atoms with Crippen LogP contribution in [0.4, 0.5) is 0 Å². The van der Waals surface area contributed by atoms with Gasteiger partial charge >= 0.3 is 5.97 Å². The molecule has 0 aliphatic rings. The second-order valence-electron chi connectivity index (χ2n) is 2.40. The Morgan fingerprint density at radius 1 is 1.29 bits per heavy atom. The number of halogens is 1. The highest BCUT2D eigenvalue weighted by atomic mass is 35.5. The molecule has 0 heterocycles. The standard InChI is InChI=1S/C8H7ClO5/c9-3-14-8(13)4-1-5(10)7(12)6(11)2-4/h1-2,10-12H,3H2. The Balaban J connectivity index is 3.06. The molecule has 0 unspecified atom stereocenters. The van der Waals surface area contributed by atoms with E-state index < -0.39 is 23.2 Å². The third-order valence-electron chi connectivity index (χ3n) is 1.49. The second kappa shape index (κ2) is 4.06. The number of aromatic hydroxyl groups is 3. The van der Waals surface area contributed by atoms with Crippen molar-refractivity contribution in [2.45, 2.75) is 0 Å². The van der Waals surface area contributed by atoms with Gasteiger partial charge in [-0.1, -0.05) is 11.6 Å². The van der Waals surface area contributed by atoms with Crippen molar-refractivity contribution in [2.24, 2.45) is 0 Å². The molecule has 0 spiro atoms. The second-order valence-corrected chi connectivity index (χ2v) is 2.62. The molecular formula is C8H7ClO5. The van der Waals surface area contributed by atoms with E-state index in [9.17, 15) is 4.79 Å². The molecule has 5 nitrogen and oxygen atoms in total. The first kappa shape index (κ1) is 10.5. The van der Waals surface area contributed by atoms with Gasteiger partial charge in [-0.05, 0) is 12.1 Å². The maximum atomic E-state index is 11.0. The van der Waals surface area contributed by atoms with Gasteiger partial charge in [0.15, 0.2) is 23.3 Å². The fourth-order valence-electron chi connectivity index (χ4n) is 0.855. The van der Waals surface area contributed by atoms with Gasteiger partial charge < -0.3 is 20.1 Å². The number of benzene rings is 1. The number of phenolic OH excluding ortho intramolecular Hbond substituents is 3. The van der Waals surface area contributed by atoms with E-state index in [0.717, 1.165) is 12.1 Å². The molecule has 0 atom stereocenters. The summed E-state index contributed by atoms with van der Waals surface area (Å²) in [5, 5.41) is 27.1. The molecule has 0 aromatic heterocycles. The number of hydrogen-bond donors (Lipinski definition) is 3. The van der Waals surface area contributed by atoms with Crippen molar-refractivity contribution >= 4 is 17.6 Å². The third kappa shape index (κ3) is 2.00. The predicted octanol–water partition coefficient (Wildman–Crippen LogP) is 1.16. The number of rotatable bonds is 2. The molecule has 14 heavy (non-hydrogen) atoms. The van der Waals surface area contributed by atoms with Crippen molar-refractivity contribution in [1.29, 1.82) is 0 Å². The van der Waals surface area contributed by atoms with Crippen LogP contribution in [0.5, 0.6) is 17.2 Å². The molecule has 0 aliphatic carbocycles. The minimum Gasteiger partial charge on any atom is -0.504 e. The van der Waals surface area contributed by atoms with Gasteiger partial charge in [-0.25, -0.2) is 4.79 Å². The molecule has 0 saturated heterocycles. The Kier molecular flexibility index (Phi) is 3.03. The van der Waals surface area contributed by atoms with E-state index in [1.165, 1.54) is 0 Å². The van der Waals surface area contributed by atoms with Crippen molar-refractivity contribution in [3.8, 4) is 17.2 Å². The lowest BCUT2D eigenvalue weighted by Gasteiger charge is -2.04. The van der Waals surface area contributed by atoms with Gasteiger partial charge in [-0.2, -0.15) is 0 Å². The average molecular weight is 219 g/mol. The number of alkyl halides is 1. The van der Waals surface area contributed by atoms with Crippen LogP contribution in [0.1, 0.15) is 10.4 Å². The molecule has 1 aromatic carbocycles. The maximum Gasteiger partial charge on any atom is 0.339 e. The highest BCUT2D eigenvalue weighted by molar-refractivity contribution is 6.17. The minimum atomic E-state index is -0.800. The predicted molar refractivity (Wildman–Crippen MR) is 47.6 cm³/mol. The van der Waals surface area contributed by atoms with Crippen molar-refractivity contribution in [3.63, 3.8) is 0 Å². The van der Waals surface area contributed by atoms with Crippen molar-refractivity contribution in [1.82, 2.24) is 0 Å². The maximum absolute atomic E-state index is 11.0. The van der Waals surface area contributed by atoms with Gasteiger partial charge in [-0.3, -0.25) is 0 Å². The molecule has 76 valence electrons. The van der Waals surface area contributed by atoms with Crippen molar-refractivity contribution in [3.05, 3.63) is 17.7 Å². The molecular weight excluding hydrogens is 212 g/mol. The zero-order valence-electron chi connectivity index (χ0n) is 6.90. The fourth-order valence-corrected chi connectivity index (χ4v) is 0.954. The number of carbonyl (C=O) groups is 1. The number of esters is 1. The van der Waals surface area contributed by atoms with Crippen LogP contribution < -0.4 is 0 Å². The van der Waals surface area contributed by atoms with Crippen LogP contribution >= 0.6 is 11.6 Å². The smallest absolute Gasteiger partial charge is 0.339 e. The van der Waals surface area contributed by atoms with Crippen LogP contribution in [-0.2, 0) is 4.74 Å². The van der Waals surface area contributed by atoms with Gasteiger partial charge in [0.25, 0.3) is 0 Å². The molecule has 0 bridgehead atoms. The van der Waals surface area contributed by atoms with E-state index in [1.807, 2.05) is 0 Å². The summed E-state index contributed by atoms with van der Waals surface area (Å²) < 4.78 is 4.40. The summed E-state index contributed by atoms with van der Waals surface area (Å²) in [5.41, 5.74) is -0.0987. The fraction of sp³-hybridized carbons (Fsp3) is 0.125. The summed E-state index contributed by atoms with van der Waals surface area (Å²) >= 11 is 5.14. The van der Waals surface area contributed by atoms with Crippen LogP contribution in [-0.4, -0.2) is 27.4 Å². The summed E-state index contributed by atoms with van der Waals surface area (Å²) in [6.07, 6.45) is 0. The highest BCUT2D eigenvalue weighted by Gasteiger charge is 2.13. The van der Waals surface area contributed by atoms with E-state index in [2.05, 4.69) is 4.74 Å². The van der Waals surface area contributed by atoms with E-state index in [4.69, 9.17) is 26.9 Å².